The molecule has 7 nitrogen and oxygen atoms in total. The third kappa shape index (κ3) is 8.39. The van der Waals surface area contributed by atoms with Crippen molar-refractivity contribution >= 4 is 62.9 Å². The number of hydrogen-bond acceptors (Lipinski definition) is 5. The summed E-state index contributed by atoms with van der Waals surface area (Å²) in [5, 5.41) is 8.07. The number of hydrogen-bond donors (Lipinski definition) is 3. The average Bonchev–Trinajstić information content (AvgIpc) is 2.95. The highest BCUT2D eigenvalue weighted by atomic mass is 79.9. The Balaban J connectivity index is 1.48. The van der Waals surface area contributed by atoms with Gasteiger partial charge in [0.1, 0.15) is 5.70 Å². The molecule has 0 aliphatic heterocycles. The number of benzene rings is 3. The quantitative estimate of drug-likeness (QED) is 0.153. The Hall–Kier alpha value is -4.21. The summed E-state index contributed by atoms with van der Waals surface area (Å²) < 4.78 is 0.900. The van der Waals surface area contributed by atoms with E-state index in [2.05, 4.69) is 36.9 Å². The van der Waals surface area contributed by atoms with E-state index in [1.54, 1.807) is 73.1 Å². The van der Waals surface area contributed by atoms with Crippen molar-refractivity contribution in [2.45, 2.75) is 17.1 Å². The summed E-state index contributed by atoms with van der Waals surface area (Å²) in [7, 11) is 0. The molecule has 1 aromatic heterocycles. The Morgan fingerprint density at radius 1 is 0.846 bits per heavy atom. The predicted molar refractivity (Wildman–Crippen MR) is 159 cm³/mol. The van der Waals surface area contributed by atoms with Crippen molar-refractivity contribution in [3.63, 3.8) is 0 Å². The Labute approximate surface area is 239 Å². The van der Waals surface area contributed by atoms with Gasteiger partial charge < -0.3 is 16.0 Å². The van der Waals surface area contributed by atoms with Gasteiger partial charge in [0.05, 0.1) is 5.25 Å². The molecular formula is C30H25BrN4O3S. The molecule has 9 heteroatoms. The number of halogens is 1. The smallest absolute Gasteiger partial charge is 0.272 e. The lowest BCUT2D eigenvalue weighted by atomic mass is 10.1. The van der Waals surface area contributed by atoms with E-state index in [4.69, 9.17) is 0 Å². The van der Waals surface area contributed by atoms with Crippen molar-refractivity contribution in [2.24, 2.45) is 0 Å². The molecule has 196 valence electrons. The first-order valence-electron chi connectivity index (χ1n) is 12.0. The molecule has 0 radical (unpaired) electrons. The van der Waals surface area contributed by atoms with E-state index in [1.807, 2.05) is 43.3 Å². The molecule has 3 aromatic carbocycles. The number of rotatable bonds is 9. The van der Waals surface area contributed by atoms with Crippen molar-refractivity contribution in [1.29, 1.82) is 0 Å². The second-order valence-electron chi connectivity index (χ2n) is 8.40. The molecule has 3 amide bonds. The third-order valence-electron chi connectivity index (χ3n) is 5.43. The molecule has 4 aromatic rings. The molecular weight excluding hydrogens is 576 g/mol. The summed E-state index contributed by atoms with van der Waals surface area (Å²) in [6.45, 7) is 1.81. The fraction of sp³-hybridized carbons (Fsp3) is 0.0667. The number of thioether (sulfide) groups is 1. The largest absolute Gasteiger partial charge is 0.325 e. The van der Waals surface area contributed by atoms with Gasteiger partial charge in [-0.2, -0.15) is 0 Å². The normalized spacial score (nSPS) is 11.8. The maximum absolute atomic E-state index is 13.3. The van der Waals surface area contributed by atoms with E-state index in [0.717, 1.165) is 14.9 Å². The van der Waals surface area contributed by atoms with Crippen molar-refractivity contribution in [1.82, 2.24) is 10.3 Å². The lowest BCUT2D eigenvalue weighted by molar-refractivity contribution is -0.115. The van der Waals surface area contributed by atoms with Crippen LogP contribution in [0.3, 0.4) is 0 Å². The maximum atomic E-state index is 13.3. The highest BCUT2D eigenvalue weighted by Crippen LogP contribution is 2.27. The molecule has 0 fully saturated rings. The molecule has 0 aliphatic rings. The second kappa shape index (κ2) is 13.5. The van der Waals surface area contributed by atoms with Crippen molar-refractivity contribution in [2.75, 3.05) is 10.6 Å². The lowest BCUT2D eigenvalue weighted by Crippen LogP contribution is -2.30. The van der Waals surface area contributed by atoms with Crippen molar-refractivity contribution in [3.05, 3.63) is 125 Å². The monoisotopic (exact) mass is 600 g/mol. The van der Waals surface area contributed by atoms with Gasteiger partial charge in [-0.15, -0.1) is 11.8 Å². The number of carbonyl (C=O) groups is 3. The summed E-state index contributed by atoms with van der Waals surface area (Å²) in [6, 6.07) is 26.7. The van der Waals surface area contributed by atoms with Gasteiger partial charge in [0, 0.05) is 38.7 Å². The number of anilines is 2. The minimum Gasteiger partial charge on any atom is -0.325 e. The first-order valence-corrected chi connectivity index (χ1v) is 13.7. The molecule has 0 saturated carbocycles. The minimum atomic E-state index is -0.479. The molecule has 0 bridgehead atoms. The molecule has 0 aliphatic carbocycles. The minimum absolute atomic E-state index is 0.0920. The zero-order valence-electron chi connectivity index (χ0n) is 20.9. The number of nitrogens with zero attached hydrogens (tertiary/aromatic N) is 1. The van der Waals surface area contributed by atoms with Gasteiger partial charge in [0.15, 0.2) is 0 Å². The standard InChI is InChI=1S/C30H25BrN4O3S/c1-20(28(36)33-24-14-16-32-17-15-24)39-26-9-5-8-25(19-26)34-30(38)27(18-21-10-12-23(31)13-11-21)35-29(37)22-6-3-2-4-7-22/h2-20H,1H3,(H,34,38)(H,35,37)(H,32,33,36)/b27-18-. The Kier molecular flexibility index (Phi) is 9.66. The van der Waals surface area contributed by atoms with Gasteiger partial charge in [-0.05, 0) is 73.2 Å². The van der Waals surface area contributed by atoms with Crippen LogP contribution in [0.15, 0.2) is 118 Å². The van der Waals surface area contributed by atoms with Crippen LogP contribution in [0.5, 0.6) is 0 Å². The zero-order chi connectivity index (χ0) is 27.6. The van der Waals surface area contributed by atoms with Crippen molar-refractivity contribution in [3.8, 4) is 0 Å². The van der Waals surface area contributed by atoms with Crippen LogP contribution in [0.4, 0.5) is 11.4 Å². The van der Waals surface area contributed by atoms with Gasteiger partial charge >= 0.3 is 0 Å². The molecule has 1 atom stereocenters. The fourth-order valence-electron chi connectivity index (χ4n) is 3.45. The summed E-state index contributed by atoms with van der Waals surface area (Å²) in [4.78, 5) is 43.5. The van der Waals surface area contributed by atoms with Crippen molar-refractivity contribution < 1.29 is 14.4 Å². The topological polar surface area (TPSA) is 100 Å². The van der Waals surface area contributed by atoms with Gasteiger partial charge in [-0.3, -0.25) is 19.4 Å². The fourth-order valence-corrected chi connectivity index (χ4v) is 4.64. The molecule has 1 unspecified atom stereocenters. The summed E-state index contributed by atoms with van der Waals surface area (Å²) in [5.41, 5.74) is 2.47. The van der Waals surface area contributed by atoms with Crippen LogP contribution in [0.1, 0.15) is 22.8 Å². The zero-order valence-corrected chi connectivity index (χ0v) is 23.3. The Morgan fingerprint density at radius 3 is 2.28 bits per heavy atom. The van der Waals surface area contributed by atoms with E-state index in [1.165, 1.54) is 11.8 Å². The van der Waals surface area contributed by atoms with Crippen LogP contribution in [0, 0.1) is 0 Å². The number of nitrogens with one attached hydrogen (secondary N) is 3. The first-order chi connectivity index (χ1) is 18.9. The van der Waals surface area contributed by atoms with Gasteiger partial charge in [-0.25, -0.2) is 0 Å². The third-order valence-corrected chi connectivity index (χ3v) is 7.05. The van der Waals surface area contributed by atoms with E-state index in [-0.39, 0.29) is 16.9 Å². The van der Waals surface area contributed by atoms with Crippen LogP contribution >= 0.6 is 27.7 Å². The number of amides is 3. The number of carbonyl (C=O) groups excluding carboxylic acids is 3. The average molecular weight is 602 g/mol. The summed E-state index contributed by atoms with van der Waals surface area (Å²) >= 11 is 4.77. The van der Waals surface area contributed by atoms with E-state index < -0.39 is 11.8 Å². The first kappa shape index (κ1) is 27.8. The predicted octanol–water partition coefficient (Wildman–Crippen LogP) is 6.37. The van der Waals surface area contributed by atoms with Crippen LogP contribution in [-0.4, -0.2) is 28.0 Å². The van der Waals surface area contributed by atoms with E-state index in [9.17, 15) is 14.4 Å². The van der Waals surface area contributed by atoms with E-state index >= 15 is 0 Å². The number of pyridine rings is 1. The molecule has 0 saturated heterocycles. The summed E-state index contributed by atoms with van der Waals surface area (Å²) in [5.74, 6) is -1.02. The SMILES string of the molecule is CC(Sc1cccc(NC(=O)/C(=C/c2ccc(Br)cc2)NC(=O)c2ccccc2)c1)C(=O)Nc1ccncc1. The molecule has 4 rings (SSSR count). The second-order valence-corrected chi connectivity index (χ2v) is 10.7. The molecule has 0 spiro atoms. The highest BCUT2D eigenvalue weighted by molar-refractivity contribution is 9.10. The number of aromatic nitrogens is 1. The summed E-state index contributed by atoms with van der Waals surface area (Å²) in [6.07, 6.45) is 4.84. The maximum Gasteiger partial charge on any atom is 0.272 e. The van der Waals surface area contributed by atoms with E-state index in [0.29, 0.717) is 16.9 Å². The van der Waals surface area contributed by atoms with Crippen LogP contribution in [0.25, 0.3) is 6.08 Å². The lowest BCUT2D eigenvalue weighted by Gasteiger charge is -2.14. The molecule has 1 heterocycles. The Bertz CT molecular complexity index is 1480. The van der Waals surface area contributed by atoms with Gasteiger partial charge in [0.25, 0.3) is 11.8 Å². The highest BCUT2D eigenvalue weighted by Gasteiger charge is 2.17. The van der Waals surface area contributed by atoms with Crippen LogP contribution in [-0.2, 0) is 9.59 Å². The van der Waals surface area contributed by atoms with Crippen LogP contribution in [0.2, 0.25) is 0 Å². The van der Waals surface area contributed by atoms with Gasteiger partial charge in [-0.1, -0.05) is 52.3 Å². The Morgan fingerprint density at radius 2 is 1.56 bits per heavy atom. The molecule has 39 heavy (non-hydrogen) atoms. The molecule has 3 N–H and O–H groups in total. The van der Waals surface area contributed by atoms with Crippen LogP contribution < -0.4 is 16.0 Å². The van der Waals surface area contributed by atoms with Gasteiger partial charge in [0.2, 0.25) is 5.91 Å².